The van der Waals surface area contributed by atoms with Gasteiger partial charge >= 0.3 is 0 Å². The minimum Gasteiger partial charge on any atom is -0.349 e. The maximum Gasteiger partial charge on any atom is 0.225 e. The number of hydrogen-bond acceptors (Lipinski definition) is 4. The predicted octanol–water partition coefficient (Wildman–Crippen LogP) is 3.71. The summed E-state index contributed by atoms with van der Waals surface area (Å²) in [5.41, 5.74) is 4.08. The number of aromatic nitrogens is 3. The molecule has 0 fully saturated rings. The van der Waals surface area contributed by atoms with Crippen LogP contribution in [0.2, 0.25) is 0 Å². The van der Waals surface area contributed by atoms with Gasteiger partial charge in [-0.15, -0.1) is 11.3 Å². The summed E-state index contributed by atoms with van der Waals surface area (Å²) >= 11 is 1.59. The molecule has 0 aliphatic rings. The Morgan fingerprint density at radius 2 is 2.00 bits per heavy atom. The number of carbonyl (C=O) groups excluding carboxylic acids is 1. The van der Waals surface area contributed by atoms with Crippen molar-refractivity contribution in [2.45, 2.75) is 26.4 Å². The molecule has 0 aliphatic carbocycles. The summed E-state index contributed by atoms with van der Waals surface area (Å²) in [5, 5.41) is 4.97. The first-order valence-electron chi connectivity index (χ1n) is 8.84. The van der Waals surface area contributed by atoms with Crippen molar-refractivity contribution in [1.82, 2.24) is 19.9 Å². The van der Waals surface area contributed by atoms with Crippen LogP contribution in [0.1, 0.15) is 21.8 Å². The van der Waals surface area contributed by atoms with Crippen LogP contribution in [-0.4, -0.2) is 20.4 Å². The first-order chi connectivity index (χ1) is 13.2. The second-order valence-corrected chi connectivity index (χ2v) is 7.51. The van der Waals surface area contributed by atoms with Crippen molar-refractivity contribution in [3.05, 3.63) is 81.9 Å². The number of carbonyl (C=O) groups is 1. The third-order valence-corrected chi connectivity index (χ3v) is 5.28. The lowest BCUT2D eigenvalue weighted by molar-refractivity contribution is -0.120. The monoisotopic (exact) mass is 376 g/mol. The number of pyridine rings is 1. The van der Waals surface area contributed by atoms with Crippen molar-refractivity contribution < 1.29 is 4.79 Å². The highest BCUT2D eigenvalue weighted by Crippen LogP contribution is 2.17. The third kappa shape index (κ3) is 4.06. The lowest BCUT2D eigenvalue weighted by Crippen LogP contribution is -2.26. The number of benzene rings is 1. The van der Waals surface area contributed by atoms with Crippen LogP contribution in [0.15, 0.2) is 60.1 Å². The molecule has 3 heterocycles. The topological polar surface area (TPSA) is 59.8 Å². The number of nitrogens with one attached hydrogen (secondary N) is 1. The zero-order valence-electron chi connectivity index (χ0n) is 15.1. The molecule has 1 amide bonds. The molecule has 1 aromatic carbocycles. The van der Waals surface area contributed by atoms with Gasteiger partial charge in [0.1, 0.15) is 11.3 Å². The fraction of sp³-hybridized carbons (Fsp3) is 0.190. The highest BCUT2D eigenvalue weighted by Gasteiger charge is 2.13. The number of hydrogen-bond donors (Lipinski definition) is 1. The number of imidazole rings is 1. The molecule has 0 saturated carbocycles. The van der Waals surface area contributed by atoms with E-state index in [9.17, 15) is 4.79 Å². The van der Waals surface area contributed by atoms with Crippen molar-refractivity contribution in [3.63, 3.8) is 0 Å². The zero-order valence-corrected chi connectivity index (χ0v) is 15.9. The van der Waals surface area contributed by atoms with E-state index in [1.807, 2.05) is 29.6 Å². The van der Waals surface area contributed by atoms with E-state index in [0.717, 1.165) is 21.9 Å². The van der Waals surface area contributed by atoms with Gasteiger partial charge in [0.2, 0.25) is 5.91 Å². The summed E-state index contributed by atoms with van der Waals surface area (Å²) in [7, 11) is 0. The third-order valence-electron chi connectivity index (χ3n) is 4.40. The van der Waals surface area contributed by atoms with Crippen molar-refractivity contribution in [1.29, 1.82) is 0 Å². The Morgan fingerprint density at radius 1 is 1.15 bits per heavy atom. The molecular weight excluding hydrogens is 356 g/mol. The summed E-state index contributed by atoms with van der Waals surface area (Å²) in [4.78, 5) is 22.5. The number of rotatable bonds is 6. The molecular formula is C21H20N4OS. The van der Waals surface area contributed by atoms with E-state index in [1.165, 1.54) is 11.1 Å². The largest absolute Gasteiger partial charge is 0.349 e. The number of amides is 1. The molecule has 0 aliphatic heterocycles. The molecule has 4 aromatic rings. The predicted molar refractivity (Wildman–Crippen MR) is 108 cm³/mol. The zero-order chi connectivity index (χ0) is 18.6. The van der Waals surface area contributed by atoms with Crippen LogP contribution in [0, 0.1) is 6.92 Å². The van der Waals surface area contributed by atoms with E-state index in [1.54, 1.807) is 17.5 Å². The fourth-order valence-electron chi connectivity index (χ4n) is 2.99. The molecule has 0 radical (unpaired) electrons. The number of thiophene rings is 1. The van der Waals surface area contributed by atoms with Gasteiger partial charge in [0.25, 0.3) is 0 Å². The SMILES string of the molecule is Cc1ccc(Cn2c(CNC(=O)Cc3cccs3)nc3cccnc32)cc1. The second kappa shape index (κ2) is 7.72. The van der Waals surface area contributed by atoms with Crippen LogP contribution in [-0.2, 0) is 24.3 Å². The average molecular weight is 376 g/mol. The summed E-state index contributed by atoms with van der Waals surface area (Å²) in [6, 6.07) is 16.2. The molecule has 0 unspecified atom stereocenters. The summed E-state index contributed by atoms with van der Waals surface area (Å²) in [5.74, 6) is 0.808. The van der Waals surface area contributed by atoms with Gasteiger partial charge in [0, 0.05) is 11.1 Å². The second-order valence-electron chi connectivity index (χ2n) is 6.48. The first-order valence-corrected chi connectivity index (χ1v) is 9.72. The van der Waals surface area contributed by atoms with Crippen LogP contribution in [0.5, 0.6) is 0 Å². The molecule has 3 aromatic heterocycles. The van der Waals surface area contributed by atoms with Crippen LogP contribution >= 0.6 is 11.3 Å². The number of aryl methyl sites for hydroxylation is 1. The quantitative estimate of drug-likeness (QED) is 0.558. The van der Waals surface area contributed by atoms with Gasteiger partial charge < -0.3 is 9.88 Å². The minimum atomic E-state index is -0.000601. The van der Waals surface area contributed by atoms with Gasteiger partial charge in [0.15, 0.2) is 5.65 Å². The van der Waals surface area contributed by atoms with E-state index in [4.69, 9.17) is 0 Å². The standard InChI is InChI=1S/C21H20N4OS/c1-15-6-8-16(9-7-15)14-25-19(24-18-5-2-10-22-21(18)25)13-23-20(26)12-17-4-3-11-27-17/h2-11H,12-14H2,1H3,(H,23,26). The highest BCUT2D eigenvalue weighted by atomic mass is 32.1. The van der Waals surface area contributed by atoms with Crippen molar-refractivity contribution in [2.75, 3.05) is 0 Å². The van der Waals surface area contributed by atoms with Gasteiger partial charge in [-0.05, 0) is 36.1 Å². The Bertz CT molecular complexity index is 1050. The molecule has 0 atom stereocenters. The summed E-state index contributed by atoms with van der Waals surface area (Å²) < 4.78 is 2.07. The normalized spacial score (nSPS) is 11.0. The van der Waals surface area contributed by atoms with Gasteiger partial charge in [-0.2, -0.15) is 0 Å². The molecule has 5 nitrogen and oxygen atoms in total. The molecule has 136 valence electrons. The maximum absolute atomic E-state index is 12.2. The lowest BCUT2D eigenvalue weighted by Gasteiger charge is -2.10. The van der Waals surface area contributed by atoms with E-state index < -0.39 is 0 Å². The molecule has 27 heavy (non-hydrogen) atoms. The molecule has 0 bridgehead atoms. The Balaban J connectivity index is 1.56. The maximum atomic E-state index is 12.2. The van der Waals surface area contributed by atoms with E-state index in [0.29, 0.717) is 19.5 Å². The fourth-order valence-corrected chi connectivity index (χ4v) is 3.70. The molecule has 0 saturated heterocycles. The molecule has 6 heteroatoms. The lowest BCUT2D eigenvalue weighted by atomic mass is 10.1. The van der Waals surface area contributed by atoms with Gasteiger partial charge in [0.05, 0.1) is 19.5 Å². The van der Waals surface area contributed by atoms with E-state index in [2.05, 4.69) is 51.0 Å². The highest BCUT2D eigenvalue weighted by molar-refractivity contribution is 7.10. The minimum absolute atomic E-state index is 0.000601. The molecule has 4 rings (SSSR count). The van der Waals surface area contributed by atoms with Crippen LogP contribution < -0.4 is 5.32 Å². The summed E-state index contributed by atoms with van der Waals surface area (Å²) in [6.07, 6.45) is 2.17. The number of nitrogens with zero attached hydrogens (tertiary/aromatic N) is 3. The smallest absolute Gasteiger partial charge is 0.225 e. The van der Waals surface area contributed by atoms with Gasteiger partial charge in [-0.3, -0.25) is 4.79 Å². The van der Waals surface area contributed by atoms with Crippen molar-refractivity contribution >= 4 is 28.4 Å². The number of fused-ring (bicyclic) bond motifs is 1. The van der Waals surface area contributed by atoms with Crippen molar-refractivity contribution in [2.24, 2.45) is 0 Å². The van der Waals surface area contributed by atoms with Gasteiger partial charge in [-0.1, -0.05) is 35.9 Å². The van der Waals surface area contributed by atoms with Crippen LogP contribution in [0.3, 0.4) is 0 Å². The Hall–Kier alpha value is -2.99. The van der Waals surface area contributed by atoms with E-state index >= 15 is 0 Å². The Labute approximate surface area is 161 Å². The Morgan fingerprint density at radius 3 is 2.78 bits per heavy atom. The van der Waals surface area contributed by atoms with Gasteiger partial charge in [-0.25, -0.2) is 9.97 Å². The van der Waals surface area contributed by atoms with Crippen LogP contribution in [0.4, 0.5) is 0 Å². The Kier molecular flexibility index (Phi) is 4.98. The first kappa shape index (κ1) is 17.4. The van der Waals surface area contributed by atoms with E-state index in [-0.39, 0.29) is 5.91 Å². The van der Waals surface area contributed by atoms with Crippen LogP contribution in [0.25, 0.3) is 11.2 Å². The average Bonchev–Trinajstić information content (AvgIpc) is 3.30. The summed E-state index contributed by atoms with van der Waals surface area (Å²) in [6.45, 7) is 3.13. The van der Waals surface area contributed by atoms with Crippen molar-refractivity contribution in [3.8, 4) is 0 Å². The molecule has 1 N–H and O–H groups in total. The molecule has 0 spiro atoms.